The number of rotatable bonds is 6. The Kier molecular flexibility index (Phi) is 4.75. The molecule has 0 amide bonds. The summed E-state index contributed by atoms with van der Waals surface area (Å²) >= 11 is 6.06. The summed E-state index contributed by atoms with van der Waals surface area (Å²) in [5.41, 5.74) is 0.172. The van der Waals surface area contributed by atoms with Gasteiger partial charge in [-0.05, 0) is 14.1 Å². The summed E-state index contributed by atoms with van der Waals surface area (Å²) < 4.78 is 6.30. The number of anilines is 1. The number of halogens is 1. The van der Waals surface area contributed by atoms with Crippen molar-refractivity contribution in [2.75, 3.05) is 26.0 Å². The molecule has 20 heavy (non-hydrogen) atoms. The van der Waals surface area contributed by atoms with Gasteiger partial charge in [-0.15, -0.1) is 0 Å². The zero-order chi connectivity index (χ0) is 14.5. The van der Waals surface area contributed by atoms with Crippen LogP contribution in [0.4, 0.5) is 5.69 Å². The average Bonchev–Trinajstić information content (AvgIpc) is 2.92. The highest BCUT2D eigenvalue weighted by Gasteiger charge is 2.09. The van der Waals surface area contributed by atoms with Crippen LogP contribution >= 0.6 is 11.6 Å². The Balaban J connectivity index is 2.08. The van der Waals surface area contributed by atoms with Crippen LogP contribution in [0.1, 0.15) is 5.76 Å². The molecule has 0 aliphatic heterocycles. The Labute approximate surface area is 121 Å². The van der Waals surface area contributed by atoms with Gasteiger partial charge in [-0.1, -0.05) is 16.8 Å². The molecule has 0 fully saturated rings. The molecule has 0 saturated heterocycles. The zero-order valence-corrected chi connectivity index (χ0v) is 12.1. The number of nitrogens with one attached hydrogen (secondary N) is 1. The molecule has 7 nitrogen and oxygen atoms in total. The zero-order valence-electron chi connectivity index (χ0n) is 11.3. The lowest BCUT2D eigenvalue weighted by atomic mass is 10.4. The van der Waals surface area contributed by atoms with Crippen molar-refractivity contribution < 1.29 is 4.52 Å². The topological polar surface area (TPSA) is 76.2 Å². The molecule has 108 valence electrons. The van der Waals surface area contributed by atoms with Crippen molar-refractivity contribution in [1.29, 1.82) is 0 Å². The second-order valence-corrected chi connectivity index (χ2v) is 4.91. The van der Waals surface area contributed by atoms with Gasteiger partial charge < -0.3 is 14.7 Å². The van der Waals surface area contributed by atoms with Crippen LogP contribution in [0.2, 0.25) is 5.02 Å². The van der Waals surface area contributed by atoms with Gasteiger partial charge in [0.2, 0.25) is 0 Å². The van der Waals surface area contributed by atoms with Crippen LogP contribution in [-0.2, 0) is 13.1 Å². The van der Waals surface area contributed by atoms with Crippen LogP contribution in [0.15, 0.2) is 27.8 Å². The number of likely N-dealkylation sites (N-methyl/N-ethyl adjacent to an activating group) is 1. The SMILES string of the molecule is CN(C)CCn1ncc(NCc2ccno2)c(Cl)c1=O. The van der Waals surface area contributed by atoms with Gasteiger partial charge in [0.25, 0.3) is 5.56 Å². The predicted molar refractivity (Wildman–Crippen MR) is 75.9 cm³/mol. The minimum absolute atomic E-state index is 0.123. The van der Waals surface area contributed by atoms with Crippen molar-refractivity contribution in [2.24, 2.45) is 0 Å². The van der Waals surface area contributed by atoms with Gasteiger partial charge in [0.1, 0.15) is 5.02 Å². The lowest BCUT2D eigenvalue weighted by Crippen LogP contribution is -2.29. The third kappa shape index (κ3) is 3.58. The molecular formula is C12H16ClN5O2. The van der Waals surface area contributed by atoms with Crippen molar-refractivity contribution in [3.63, 3.8) is 0 Å². The van der Waals surface area contributed by atoms with E-state index < -0.39 is 0 Å². The first kappa shape index (κ1) is 14.5. The van der Waals surface area contributed by atoms with Crippen LogP contribution in [0, 0.1) is 0 Å². The predicted octanol–water partition coefficient (Wildman–Crippen LogP) is 1.06. The molecule has 0 unspecified atom stereocenters. The lowest BCUT2D eigenvalue weighted by molar-refractivity contribution is 0.367. The molecule has 0 aliphatic rings. The van der Waals surface area contributed by atoms with E-state index in [-0.39, 0.29) is 10.6 Å². The molecule has 2 rings (SSSR count). The van der Waals surface area contributed by atoms with E-state index in [0.717, 1.165) is 0 Å². The Morgan fingerprint density at radius 1 is 1.50 bits per heavy atom. The molecule has 0 bridgehead atoms. The van der Waals surface area contributed by atoms with Crippen LogP contribution < -0.4 is 10.9 Å². The summed E-state index contributed by atoms with van der Waals surface area (Å²) in [4.78, 5) is 14.0. The van der Waals surface area contributed by atoms with E-state index in [1.807, 2.05) is 19.0 Å². The molecule has 0 aromatic carbocycles. The van der Waals surface area contributed by atoms with Crippen molar-refractivity contribution in [2.45, 2.75) is 13.1 Å². The van der Waals surface area contributed by atoms with E-state index in [9.17, 15) is 4.79 Å². The van der Waals surface area contributed by atoms with Gasteiger partial charge in [0.05, 0.1) is 31.2 Å². The van der Waals surface area contributed by atoms with E-state index >= 15 is 0 Å². The molecule has 8 heteroatoms. The van der Waals surface area contributed by atoms with Crippen molar-refractivity contribution in [1.82, 2.24) is 19.8 Å². The summed E-state index contributed by atoms with van der Waals surface area (Å²) in [5.74, 6) is 0.651. The first-order valence-electron chi connectivity index (χ1n) is 6.11. The second-order valence-electron chi connectivity index (χ2n) is 4.54. The standard InChI is InChI=1S/C12H16ClN5O2/c1-17(2)5-6-18-12(19)11(13)10(8-15-18)14-7-9-3-4-16-20-9/h3-4,8,14H,5-7H2,1-2H3. The van der Waals surface area contributed by atoms with E-state index in [1.165, 1.54) is 10.9 Å². The normalized spacial score (nSPS) is 11.0. The minimum atomic E-state index is -0.309. The highest BCUT2D eigenvalue weighted by molar-refractivity contribution is 6.32. The maximum Gasteiger partial charge on any atom is 0.287 e. The number of hydrogen-bond donors (Lipinski definition) is 1. The third-order valence-electron chi connectivity index (χ3n) is 2.69. The fourth-order valence-electron chi connectivity index (χ4n) is 1.56. The van der Waals surface area contributed by atoms with Gasteiger partial charge in [-0.25, -0.2) is 4.68 Å². The van der Waals surface area contributed by atoms with E-state index in [1.54, 1.807) is 12.3 Å². The largest absolute Gasteiger partial charge is 0.375 e. The van der Waals surface area contributed by atoms with Crippen molar-refractivity contribution >= 4 is 17.3 Å². The smallest absolute Gasteiger partial charge is 0.287 e. The number of nitrogens with zero attached hydrogens (tertiary/aromatic N) is 4. The molecule has 0 atom stereocenters. The molecular weight excluding hydrogens is 282 g/mol. The maximum absolute atomic E-state index is 12.0. The van der Waals surface area contributed by atoms with Crippen molar-refractivity contribution in [3.8, 4) is 0 Å². The maximum atomic E-state index is 12.0. The van der Waals surface area contributed by atoms with Gasteiger partial charge in [-0.3, -0.25) is 4.79 Å². The number of hydrogen-bond acceptors (Lipinski definition) is 6. The summed E-state index contributed by atoms with van der Waals surface area (Å²) in [6.45, 7) is 1.60. The molecule has 0 spiro atoms. The van der Waals surface area contributed by atoms with Crippen LogP contribution in [0.5, 0.6) is 0 Å². The fourth-order valence-corrected chi connectivity index (χ4v) is 1.77. The first-order valence-corrected chi connectivity index (χ1v) is 6.49. The Morgan fingerprint density at radius 3 is 2.95 bits per heavy atom. The van der Waals surface area contributed by atoms with Crippen molar-refractivity contribution in [3.05, 3.63) is 39.6 Å². The van der Waals surface area contributed by atoms with Crippen LogP contribution in [0.25, 0.3) is 0 Å². The highest BCUT2D eigenvalue weighted by Crippen LogP contribution is 2.16. The number of aromatic nitrogens is 3. The molecule has 0 saturated carbocycles. The Hall–Kier alpha value is -1.86. The van der Waals surface area contributed by atoms with Gasteiger partial charge in [0.15, 0.2) is 5.76 Å². The molecule has 2 aromatic heterocycles. The Bertz CT molecular complexity index is 609. The quantitative estimate of drug-likeness (QED) is 0.859. The average molecular weight is 298 g/mol. The summed E-state index contributed by atoms with van der Waals surface area (Å²) in [7, 11) is 3.86. The van der Waals surface area contributed by atoms with E-state index in [0.29, 0.717) is 31.1 Å². The van der Waals surface area contributed by atoms with Gasteiger partial charge >= 0.3 is 0 Å². The molecule has 2 heterocycles. The molecule has 0 radical (unpaired) electrons. The second kappa shape index (κ2) is 6.53. The van der Waals surface area contributed by atoms with E-state index in [4.69, 9.17) is 16.1 Å². The molecule has 2 aromatic rings. The Morgan fingerprint density at radius 2 is 2.30 bits per heavy atom. The monoisotopic (exact) mass is 297 g/mol. The summed E-state index contributed by atoms with van der Waals surface area (Å²) in [6.07, 6.45) is 3.09. The fraction of sp³-hybridized carbons (Fsp3) is 0.417. The van der Waals surface area contributed by atoms with Gasteiger partial charge in [0, 0.05) is 12.6 Å². The van der Waals surface area contributed by atoms with Gasteiger partial charge in [-0.2, -0.15) is 5.10 Å². The highest BCUT2D eigenvalue weighted by atomic mass is 35.5. The third-order valence-corrected chi connectivity index (χ3v) is 3.05. The summed E-state index contributed by atoms with van der Waals surface area (Å²) in [6, 6.07) is 1.73. The molecule has 0 aliphatic carbocycles. The van der Waals surface area contributed by atoms with E-state index in [2.05, 4.69) is 15.6 Å². The summed E-state index contributed by atoms with van der Waals surface area (Å²) in [5, 5.41) is 10.8. The van der Waals surface area contributed by atoms with Crippen LogP contribution in [-0.4, -0.2) is 40.5 Å². The lowest BCUT2D eigenvalue weighted by Gasteiger charge is -2.12. The molecule has 1 N–H and O–H groups in total. The van der Waals surface area contributed by atoms with Crippen LogP contribution in [0.3, 0.4) is 0 Å². The minimum Gasteiger partial charge on any atom is -0.375 e. The first-order chi connectivity index (χ1) is 9.58.